The van der Waals surface area contributed by atoms with Crippen LogP contribution in [0, 0.1) is 6.92 Å². The van der Waals surface area contributed by atoms with E-state index in [-0.39, 0.29) is 0 Å². The van der Waals surface area contributed by atoms with Crippen LogP contribution < -0.4 is 4.74 Å². The summed E-state index contributed by atoms with van der Waals surface area (Å²) >= 11 is 0. The van der Waals surface area contributed by atoms with E-state index in [0.717, 1.165) is 62.9 Å². The maximum atomic E-state index is 10.8. The third-order valence-corrected chi connectivity index (χ3v) is 5.74. The smallest absolute Gasteiger partial charge is 0.133 e. The Kier molecular flexibility index (Phi) is 8.77. The van der Waals surface area contributed by atoms with Gasteiger partial charge in [0.25, 0.3) is 0 Å². The summed E-state index contributed by atoms with van der Waals surface area (Å²) < 4.78 is 5.89. The molecular formula is C27H40O2. The van der Waals surface area contributed by atoms with Crippen LogP contribution in [0.15, 0.2) is 47.3 Å². The van der Waals surface area contributed by atoms with Crippen molar-refractivity contribution in [3.05, 3.63) is 64.0 Å². The minimum absolute atomic E-state index is 0.611. The van der Waals surface area contributed by atoms with Crippen LogP contribution in [-0.2, 0) is 12.8 Å². The Morgan fingerprint density at radius 3 is 2.59 bits per heavy atom. The van der Waals surface area contributed by atoms with Crippen molar-refractivity contribution in [3.8, 4) is 5.75 Å². The van der Waals surface area contributed by atoms with Crippen LogP contribution in [0.1, 0.15) is 89.8 Å². The van der Waals surface area contributed by atoms with Crippen LogP contribution in [0.5, 0.6) is 5.75 Å². The van der Waals surface area contributed by atoms with Crippen molar-refractivity contribution in [1.29, 1.82) is 0 Å². The predicted molar refractivity (Wildman–Crippen MR) is 124 cm³/mol. The lowest BCUT2D eigenvalue weighted by molar-refractivity contribution is 0.0405. The van der Waals surface area contributed by atoms with Crippen molar-refractivity contribution < 1.29 is 9.84 Å². The summed E-state index contributed by atoms with van der Waals surface area (Å²) in [6.07, 6.45) is 14.6. The van der Waals surface area contributed by atoms with Gasteiger partial charge in [-0.25, -0.2) is 0 Å². The molecule has 0 saturated heterocycles. The van der Waals surface area contributed by atoms with Crippen molar-refractivity contribution >= 4 is 0 Å². The third-order valence-electron chi connectivity index (χ3n) is 5.74. The van der Waals surface area contributed by atoms with Gasteiger partial charge in [-0.2, -0.15) is 0 Å². The highest BCUT2D eigenvalue weighted by Crippen LogP contribution is 2.32. The highest BCUT2D eigenvalue weighted by Gasteiger charge is 2.20. The van der Waals surface area contributed by atoms with Gasteiger partial charge in [0.1, 0.15) is 5.75 Å². The molecule has 0 bridgehead atoms. The fraction of sp³-hybridized carbons (Fsp3) is 0.556. The molecule has 1 N–H and O–H groups in total. The second kappa shape index (κ2) is 10.8. The predicted octanol–water partition coefficient (Wildman–Crippen LogP) is 7.38. The van der Waals surface area contributed by atoms with Gasteiger partial charge in [-0.1, -0.05) is 35.4 Å². The summed E-state index contributed by atoms with van der Waals surface area (Å²) in [4.78, 5) is 0. The van der Waals surface area contributed by atoms with Gasteiger partial charge in [0.2, 0.25) is 0 Å². The summed E-state index contributed by atoms with van der Waals surface area (Å²) in [5, 5.41) is 10.8. The molecule has 2 heteroatoms. The first-order valence-electron chi connectivity index (χ1n) is 11.1. The Morgan fingerprint density at radius 1 is 1.10 bits per heavy atom. The molecule has 2 rings (SSSR count). The summed E-state index contributed by atoms with van der Waals surface area (Å²) in [6, 6.07) is 4.46. The second-order valence-electron chi connectivity index (χ2n) is 9.28. The number of fused-ring (bicyclic) bond motifs is 1. The molecule has 2 nitrogen and oxygen atoms in total. The van der Waals surface area contributed by atoms with Gasteiger partial charge >= 0.3 is 0 Å². The number of unbranched alkanes of at least 4 members (excludes halogenated alkanes) is 1. The number of rotatable bonds is 10. The van der Waals surface area contributed by atoms with Gasteiger partial charge < -0.3 is 9.84 Å². The van der Waals surface area contributed by atoms with E-state index in [4.69, 9.17) is 4.74 Å². The van der Waals surface area contributed by atoms with Crippen molar-refractivity contribution in [2.75, 3.05) is 0 Å². The number of allylic oxidation sites excluding steroid dienone is 6. The van der Waals surface area contributed by atoms with Gasteiger partial charge in [-0.05, 0) is 116 Å². The molecule has 1 unspecified atom stereocenters. The molecule has 160 valence electrons. The van der Waals surface area contributed by atoms with E-state index >= 15 is 0 Å². The molecule has 1 aromatic rings. The van der Waals surface area contributed by atoms with Crippen LogP contribution in [0.2, 0.25) is 0 Å². The molecule has 1 atom stereocenters. The fourth-order valence-electron chi connectivity index (χ4n) is 3.89. The molecular weight excluding hydrogens is 356 g/mol. The standard InChI is InChI=1S/C27H40O2/c1-20(2)10-9-12-21(3)11-7-8-16-27(6,28)17-15-24-18-22(4)26-25(19-24)14-13-23(5)29-26/h10-11,13,18-19,28H,7-9,12,14-17H2,1-6H3. The molecule has 0 saturated carbocycles. The Labute approximate surface area is 178 Å². The van der Waals surface area contributed by atoms with Crippen molar-refractivity contribution in [3.63, 3.8) is 0 Å². The number of hydrogen-bond acceptors (Lipinski definition) is 2. The normalized spacial score (nSPS) is 15.8. The lowest BCUT2D eigenvalue weighted by atomic mass is 9.90. The van der Waals surface area contributed by atoms with Crippen LogP contribution in [0.3, 0.4) is 0 Å². The molecule has 0 radical (unpaired) electrons. The topological polar surface area (TPSA) is 29.5 Å². The average Bonchev–Trinajstić information content (AvgIpc) is 2.64. The monoisotopic (exact) mass is 396 g/mol. The van der Waals surface area contributed by atoms with Crippen LogP contribution in [0.4, 0.5) is 0 Å². The van der Waals surface area contributed by atoms with E-state index in [0.29, 0.717) is 0 Å². The van der Waals surface area contributed by atoms with Crippen LogP contribution >= 0.6 is 0 Å². The van der Waals surface area contributed by atoms with Gasteiger partial charge in [0, 0.05) is 0 Å². The molecule has 1 aliphatic heterocycles. The molecule has 0 amide bonds. The number of aryl methyl sites for hydroxylation is 2. The highest BCUT2D eigenvalue weighted by molar-refractivity contribution is 5.47. The maximum absolute atomic E-state index is 10.8. The van der Waals surface area contributed by atoms with E-state index < -0.39 is 5.60 Å². The summed E-state index contributed by atoms with van der Waals surface area (Å²) in [5.74, 6) is 2.00. The Bertz CT molecular complexity index is 774. The maximum Gasteiger partial charge on any atom is 0.133 e. The molecule has 0 aromatic heterocycles. The average molecular weight is 397 g/mol. The van der Waals surface area contributed by atoms with Gasteiger partial charge in [0.15, 0.2) is 0 Å². The van der Waals surface area contributed by atoms with Gasteiger partial charge in [0.05, 0.1) is 11.4 Å². The van der Waals surface area contributed by atoms with Gasteiger partial charge in [-0.3, -0.25) is 0 Å². The molecule has 1 aliphatic rings. The molecule has 29 heavy (non-hydrogen) atoms. The second-order valence-corrected chi connectivity index (χ2v) is 9.28. The van der Waals surface area contributed by atoms with Gasteiger partial charge in [-0.15, -0.1) is 0 Å². The lowest BCUT2D eigenvalue weighted by Crippen LogP contribution is -2.24. The third kappa shape index (κ3) is 8.22. The van der Waals surface area contributed by atoms with E-state index in [1.54, 1.807) is 0 Å². The minimum Gasteiger partial charge on any atom is -0.462 e. The summed E-state index contributed by atoms with van der Waals surface area (Å²) in [6.45, 7) is 12.6. The lowest BCUT2D eigenvalue weighted by Gasteiger charge is -2.24. The van der Waals surface area contributed by atoms with Crippen molar-refractivity contribution in [1.82, 2.24) is 0 Å². The van der Waals surface area contributed by atoms with E-state index in [9.17, 15) is 5.11 Å². The quantitative estimate of drug-likeness (QED) is 0.330. The SMILES string of the molecule is CC(C)=CCCC(C)=CCCCC(C)(O)CCc1cc(C)c2c(c1)CC=C(C)O2. The van der Waals surface area contributed by atoms with E-state index in [1.807, 2.05) is 13.8 Å². The number of benzene rings is 1. The molecule has 0 spiro atoms. The summed E-state index contributed by atoms with van der Waals surface area (Å²) in [5.41, 5.74) is 5.99. The molecule has 1 aromatic carbocycles. The zero-order valence-electron chi connectivity index (χ0n) is 19.4. The number of aliphatic hydroxyl groups is 1. The minimum atomic E-state index is -0.611. The van der Waals surface area contributed by atoms with Crippen molar-refractivity contribution in [2.24, 2.45) is 0 Å². The Balaban J connectivity index is 1.79. The first-order chi connectivity index (χ1) is 13.7. The molecule has 1 heterocycles. The molecule has 0 aliphatic carbocycles. The van der Waals surface area contributed by atoms with E-state index in [1.165, 1.54) is 27.8 Å². The number of ether oxygens (including phenoxy) is 1. The van der Waals surface area contributed by atoms with Crippen LogP contribution in [-0.4, -0.2) is 10.7 Å². The summed E-state index contributed by atoms with van der Waals surface area (Å²) in [7, 11) is 0. The first kappa shape index (κ1) is 23.5. The zero-order chi connectivity index (χ0) is 21.4. The zero-order valence-corrected chi connectivity index (χ0v) is 19.4. The Hall–Kier alpha value is -1.80. The first-order valence-corrected chi connectivity index (χ1v) is 11.1. The molecule has 0 fully saturated rings. The Morgan fingerprint density at radius 2 is 1.86 bits per heavy atom. The fourth-order valence-corrected chi connectivity index (χ4v) is 3.89. The van der Waals surface area contributed by atoms with Crippen molar-refractivity contribution in [2.45, 2.75) is 98.5 Å². The van der Waals surface area contributed by atoms with E-state index in [2.05, 4.69) is 58.1 Å². The number of hydrogen-bond donors (Lipinski definition) is 1. The highest BCUT2D eigenvalue weighted by atomic mass is 16.5. The largest absolute Gasteiger partial charge is 0.462 e. The van der Waals surface area contributed by atoms with Crippen LogP contribution in [0.25, 0.3) is 0 Å².